The average molecular weight is 312 g/mol. The third-order valence-electron chi connectivity index (χ3n) is 3.56. The number of nitrogens with zero attached hydrogens (tertiary/aromatic N) is 6. The van der Waals surface area contributed by atoms with E-state index in [0.717, 1.165) is 12.4 Å². The summed E-state index contributed by atoms with van der Waals surface area (Å²) in [7, 11) is 1.86. The lowest BCUT2D eigenvalue weighted by Crippen LogP contribution is -2.22. The van der Waals surface area contributed by atoms with E-state index in [-0.39, 0.29) is 5.82 Å². The summed E-state index contributed by atoms with van der Waals surface area (Å²) in [5.74, 6) is 1.01. The molecule has 0 N–H and O–H groups in total. The topological polar surface area (TPSA) is 59.7 Å². The third-order valence-corrected chi connectivity index (χ3v) is 3.56. The Hall–Kier alpha value is -2.83. The van der Waals surface area contributed by atoms with Gasteiger partial charge < -0.3 is 9.47 Å². The van der Waals surface area contributed by atoms with E-state index >= 15 is 0 Å². The van der Waals surface area contributed by atoms with Gasteiger partial charge in [0.2, 0.25) is 5.95 Å². The Morgan fingerprint density at radius 3 is 2.87 bits per heavy atom. The normalized spacial score (nSPS) is 10.7. The van der Waals surface area contributed by atoms with E-state index in [9.17, 15) is 4.39 Å². The van der Waals surface area contributed by atoms with Crippen LogP contribution in [-0.2, 0) is 13.1 Å². The lowest BCUT2D eigenvalue weighted by molar-refractivity contribution is 0.630. The van der Waals surface area contributed by atoms with Crippen LogP contribution in [0.3, 0.4) is 0 Å². The van der Waals surface area contributed by atoms with Crippen molar-refractivity contribution in [3.05, 3.63) is 54.5 Å². The average Bonchev–Trinajstić information content (AvgIpc) is 3.02. The number of aromatic nitrogens is 5. The predicted molar refractivity (Wildman–Crippen MR) is 85.2 cm³/mol. The highest BCUT2D eigenvalue weighted by Gasteiger charge is 2.12. The molecule has 118 valence electrons. The van der Waals surface area contributed by atoms with Gasteiger partial charge in [-0.2, -0.15) is 5.10 Å². The molecule has 0 fully saturated rings. The molecule has 2 heterocycles. The molecule has 0 aliphatic heterocycles. The molecule has 7 heteroatoms. The minimum absolute atomic E-state index is 0.330. The summed E-state index contributed by atoms with van der Waals surface area (Å²) in [5.41, 5.74) is 0.867. The lowest BCUT2D eigenvalue weighted by atomic mass is 10.1. The van der Waals surface area contributed by atoms with Gasteiger partial charge in [-0.15, -0.1) is 5.10 Å². The van der Waals surface area contributed by atoms with Crippen LogP contribution in [0.5, 0.6) is 0 Å². The summed E-state index contributed by atoms with van der Waals surface area (Å²) in [4.78, 5) is 10.6. The summed E-state index contributed by atoms with van der Waals surface area (Å²) >= 11 is 0. The summed E-state index contributed by atoms with van der Waals surface area (Å²) in [6, 6.07) is 6.48. The number of aryl methyl sites for hydroxylation is 1. The molecule has 0 saturated carbocycles. The Labute approximate surface area is 133 Å². The van der Waals surface area contributed by atoms with Gasteiger partial charge in [0, 0.05) is 31.5 Å². The van der Waals surface area contributed by atoms with E-state index in [2.05, 4.69) is 27.1 Å². The molecule has 0 spiro atoms. The highest BCUT2D eigenvalue weighted by Crippen LogP contribution is 2.21. The number of halogens is 1. The number of hydrogen-bond acceptors (Lipinski definition) is 5. The molecule has 0 aliphatic rings. The van der Waals surface area contributed by atoms with Crippen molar-refractivity contribution in [2.45, 2.75) is 20.0 Å². The fourth-order valence-electron chi connectivity index (χ4n) is 2.32. The van der Waals surface area contributed by atoms with Crippen molar-refractivity contribution in [3.8, 4) is 11.3 Å². The summed E-state index contributed by atoms with van der Waals surface area (Å²) < 4.78 is 15.9. The number of hydrogen-bond donors (Lipinski definition) is 0. The van der Waals surface area contributed by atoms with Crippen LogP contribution < -0.4 is 4.90 Å². The highest BCUT2D eigenvalue weighted by atomic mass is 19.1. The van der Waals surface area contributed by atoms with Crippen LogP contribution in [0.2, 0.25) is 0 Å². The SMILES string of the molecule is CCn1ccnc1CN(C)c1nncc(-c2ccccc2F)n1. The van der Waals surface area contributed by atoms with E-state index in [1.165, 1.54) is 12.3 Å². The number of anilines is 1. The van der Waals surface area contributed by atoms with Crippen LogP contribution in [0.4, 0.5) is 10.3 Å². The first-order valence-electron chi connectivity index (χ1n) is 7.34. The first kappa shape index (κ1) is 15.1. The molecular formula is C16H17FN6. The van der Waals surface area contributed by atoms with E-state index in [4.69, 9.17) is 0 Å². The molecule has 3 aromatic rings. The quantitative estimate of drug-likeness (QED) is 0.724. The number of imidazole rings is 1. The molecule has 0 bridgehead atoms. The van der Waals surface area contributed by atoms with Crippen molar-refractivity contribution in [1.29, 1.82) is 0 Å². The minimum Gasteiger partial charge on any atom is -0.335 e. The van der Waals surface area contributed by atoms with Gasteiger partial charge in [-0.1, -0.05) is 12.1 Å². The largest absolute Gasteiger partial charge is 0.335 e. The molecule has 0 radical (unpaired) electrons. The molecule has 0 atom stereocenters. The molecule has 2 aromatic heterocycles. The predicted octanol–water partition coefficient (Wildman–Crippen LogP) is 2.53. The Kier molecular flexibility index (Phi) is 4.27. The monoisotopic (exact) mass is 312 g/mol. The van der Waals surface area contributed by atoms with Crippen molar-refractivity contribution in [2.75, 3.05) is 11.9 Å². The van der Waals surface area contributed by atoms with Crippen LogP contribution in [0.15, 0.2) is 42.9 Å². The summed E-state index contributed by atoms with van der Waals surface area (Å²) in [6.07, 6.45) is 5.16. The zero-order chi connectivity index (χ0) is 16.2. The molecule has 0 unspecified atom stereocenters. The molecule has 6 nitrogen and oxygen atoms in total. The van der Waals surface area contributed by atoms with E-state index in [0.29, 0.717) is 23.8 Å². The van der Waals surface area contributed by atoms with Crippen molar-refractivity contribution in [2.24, 2.45) is 0 Å². The standard InChI is InChI=1S/C16H17FN6/c1-3-23-9-8-18-15(23)11-22(2)16-20-14(10-19-21-16)12-6-4-5-7-13(12)17/h4-10H,3,11H2,1-2H3. The van der Waals surface area contributed by atoms with E-state index in [1.807, 2.05) is 22.7 Å². The van der Waals surface area contributed by atoms with Crippen LogP contribution in [0, 0.1) is 5.82 Å². The lowest BCUT2D eigenvalue weighted by Gasteiger charge is -2.17. The molecule has 0 saturated heterocycles. The van der Waals surface area contributed by atoms with Gasteiger partial charge in [0.15, 0.2) is 0 Å². The molecular weight excluding hydrogens is 295 g/mol. The summed E-state index contributed by atoms with van der Waals surface area (Å²) in [5, 5.41) is 7.98. The third kappa shape index (κ3) is 3.18. The smallest absolute Gasteiger partial charge is 0.246 e. The van der Waals surface area contributed by atoms with Crippen molar-refractivity contribution in [1.82, 2.24) is 24.7 Å². The molecule has 1 aromatic carbocycles. The van der Waals surface area contributed by atoms with Crippen molar-refractivity contribution < 1.29 is 4.39 Å². The van der Waals surface area contributed by atoms with Crippen LogP contribution in [0.1, 0.15) is 12.7 Å². The fraction of sp³-hybridized carbons (Fsp3) is 0.250. The zero-order valence-corrected chi connectivity index (χ0v) is 13.0. The maximum atomic E-state index is 13.9. The zero-order valence-electron chi connectivity index (χ0n) is 13.0. The highest BCUT2D eigenvalue weighted by molar-refractivity contribution is 5.59. The Bertz CT molecular complexity index is 801. The minimum atomic E-state index is -0.330. The maximum Gasteiger partial charge on any atom is 0.246 e. The Morgan fingerprint density at radius 1 is 1.26 bits per heavy atom. The van der Waals surface area contributed by atoms with Crippen LogP contribution >= 0.6 is 0 Å². The fourth-order valence-corrected chi connectivity index (χ4v) is 2.32. The second-order valence-electron chi connectivity index (χ2n) is 5.11. The van der Waals surface area contributed by atoms with Crippen LogP contribution in [-0.4, -0.2) is 31.8 Å². The van der Waals surface area contributed by atoms with Gasteiger partial charge in [0.25, 0.3) is 0 Å². The number of rotatable bonds is 5. The number of benzene rings is 1. The van der Waals surface area contributed by atoms with Gasteiger partial charge >= 0.3 is 0 Å². The van der Waals surface area contributed by atoms with Crippen molar-refractivity contribution >= 4 is 5.95 Å². The first-order chi connectivity index (χ1) is 11.2. The molecule has 0 aliphatic carbocycles. The van der Waals surface area contributed by atoms with Crippen LogP contribution in [0.25, 0.3) is 11.3 Å². The van der Waals surface area contributed by atoms with E-state index < -0.39 is 0 Å². The molecule has 23 heavy (non-hydrogen) atoms. The second-order valence-corrected chi connectivity index (χ2v) is 5.11. The maximum absolute atomic E-state index is 13.9. The van der Waals surface area contributed by atoms with Gasteiger partial charge in [-0.25, -0.2) is 14.4 Å². The van der Waals surface area contributed by atoms with Crippen molar-refractivity contribution in [3.63, 3.8) is 0 Å². The second kappa shape index (κ2) is 6.51. The molecule has 3 rings (SSSR count). The Balaban J connectivity index is 1.86. The van der Waals surface area contributed by atoms with Gasteiger partial charge in [-0.05, 0) is 19.1 Å². The van der Waals surface area contributed by atoms with Gasteiger partial charge in [0.05, 0.1) is 18.4 Å². The summed E-state index contributed by atoms with van der Waals surface area (Å²) in [6.45, 7) is 3.45. The first-order valence-corrected chi connectivity index (χ1v) is 7.34. The Morgan fingerprint density at radius 2 is 2.09 bits per heavy atom. The molecule has 0 amide bonds. The van der Waals surface area contributed by atoms with Gasteiger partial charge in [-0.3, -0.25) is 0 Å². The van der Waals surface area contributed by atoms with E-state index in [1.54, 1.807) is 24.4 Å². The van der Waals surface area contributed by atoms with Gasteiger partial charge in [0.1, 0.15) is 11.6 Å².